The van der Waals surface area contributed by atoms with Gasteiger partial charge in [-0.15, -0.1) is 10.2 Å². The molecule has 1 aliphatic heterocycles. The second-order valence-electron chi connectivity index (χ2n) is 5.45. The van der Waals surface area contributed by atoms with E-state index in [2.05, 4.69) is 22.1 Å². The molecule has 0 bridgehead atoms. The predicted octanol–water partition coefficient (Wildman–Crippen LogP) is 1.99. The van der Waals surface area contributed by atoms with Crippen molar-refractivity contribution in [3.05, 3.63) is 12.2 Å². The quantitative estimate of drug-likeness (QED) is 0.560. The summed E-state index contributed by atoms with van der Waals surface area (Å²) in [5.41, 5.74) is 1.07. The van der Waals surface area contributed by atoms with Crippen LogP contribution < -0.4 is 5.32 Å². The summed E-state index contributed by atoms with van der Waals surface area (Å²) in [6.07, 6.45) is 0.492. The molecule has 0 spiro atoms. The highest BCUT2D eigenvalue weighted by Crippen LogP contribution is 2.31. The Morgan fingerprint density at radius 2 is 2.17 bits per heavy atom. The van der Waals surface area contributed by atoms with Crippen LogP contribution in [0.5, 0.6) is 0 Å². The maximum Gasteiger partial charge on any atom is 0.233 e. The van der Waals surface area contributed by atoms with Crippen molar-refractivity contribution in [1.29, 1.82) is 0 Å². The molecule has 1 amide bonds. The highest BCUT2D eigenvalue weighted by Gasteiger charge is 2.30. The molecule has 10 heteroatoms. The standard InChI is InChI=1S/C13H19N3O3S4/c1-8(2)6-20-12-15-16-13(22-12)21-9(3)11(17)14-10-4-5-23(18,19)7-10/h9-10H,1,4-7H2,2-3H3,(H,14,17)/t9-,10-/m1/s1. The Morgan fingerprint density at radius 3 is 2.78 bits per heavy atom. The molecule has 1 saturated heterocycles. The molecular formula is C13H19N3O3S4. The minimum atomic E-state index is -2.99. The molecule has 128 valence electrons. The van der Waals surface area contributed by atoms with Gasteiger partial charge in [0, 0.05) is 11.8 Å². The zero-order valence-electron chi connectivity index (χ0n) is 12.9. The molecule has 1 aromatic heterocycles. The lowest BCUT2D eigenvalue weighted by molar-refractivity contribution is -0.120. The minimum Gasteiger partial charge on any atom is -0.351 e. The maximum absolute atomic E-state index is 12.1. The molecule has 1 aliphatic rings. The van der Waals surface area contributed by atoms with Gasteiger partial charge in [0.15, 0.2) is 18.5 Å². The first-order valence-corrected chi connectivity index (χ1v) is 11.5. The van der Waals surface area contributed by atoms with Crippen LogP contribution in [0.15, 0.2) is 20.8 Å². The van der Waals surface area contributed by atoms with E-state index >= 15 is 0 Å². The van der Waals surface area contributed by atoms with E-state index in [9.17, 15) is 13.2 Å². The number of hydrogen-bond acceptors (Lipinski definition) is 8. The Balaban J connectivity index is 1.82. The summed E-state index contributed by atoms with van der Waals surface area (Å²) in [7, 11) is -2.99. The fraction of sp³-hybridized carbons (Fsp3) is 0.615. The molecule has 0 unspecified atom stereocenters. The number of rotatable bonds is 7. The van der Waals surface area contributed by atoms with E-state index in [0.29, 0.717) is 6.42 Å². The number of nitrogens with one attached hydrogen (secondary N) is 1. The predicted molar refractivity (Wildman–Crippen MR) is 96.0 cm³/mol. The molecule has 1 aromatic rings. The number of hydrogen-bond donors (Lipinski definition) is 1. The maximum atomic E-state index is 12.1. The van der Waals surface area contributed by atoms with E-state index in [1.54, 1.807) is 18.7 Å². The van der Waals surface area contributed by atoms with E-state index in [1.807, 2.05) is 6.92 Å². The van der Waals surface area contributed by atoms with Crippen LogP contribution in [0.4, 0.5) is 0 Å². The van der Waals surface area contributed by atoms with Gasteiger partial charge in [-0.1, -0.05) is 47.0 Å². The molecule has 1 fully saturated rings. The monoisotopic (exact) mass is 393 g/mol. The lowest BCUT2D eigenvalue weighted by atomic mass is 10.2. The van der Waals surface area contributed by atoms with E-state index in [4.69, 9.17) is 0 Å². The molecular weight excluding hydrogens is 374 g/mol. The molecule has 1 N–H and O–H groups in total. The van der Waals surface area contributed by atoms with Gasteiger partial charge < -0.3 is 5.32 Å². The lowest BCUT2D eigenvalue weighted by Gasteiger charge is -2.14. The fourth-order valence-corrected chi connectivity index (χ4v) is 6.61. The highest BCUT2D eigenvalue weighted by atomic mass is 32.2. The molecule has 6 nitrogen and oxygen atoms in total. The van der Waals surface area contributed by atoms with E-state index in [-0.39, 0.29) is 28.7 Å². The third-order valence-corrected chi connectivity index (χ3v) is 8.29. The van der Waals surface area contributed by atoms with Gasteiger partial charge in [-0.3, -0.25) is 4.79 Å². The van der Waals surface area contributed by atoms with Gasteiger partial charge in [-0.05, 0) is 20.3 Å². The average molecular weight is 394 g/mol. The van der Waals surface area contributed by atoms with Gasteiger partial charge >= 0.3 is 0 Å². The second-order valence-corrected chi connectivity index (χ2v) is 11.5. The Labute approximate surface area is 148 Å². The Bertz CT molecular complexity index is 686. The Kier molecular flexibility index (Phi) is 6.52. The number of sulfone groups is 1. The van der Waals surface area contributed by atoms with Crippen LogP contribution in [0.25, 0.3) is 0 Å². The molecule has 2 heterocycles. The summed E-state index contributed by atoms with van der Waals surface area (Å²) >= 11 is 4.36. The second kappa shape index (κ2) is 8.00. The Hall–Kier alpha value is -0.580. The first-order chi connectivity index (χ1) is 10.7. The van der Waals surface area contributed by atoms with Gasteiger partial charge in [0.2, 0.25) is 5.91 Å². The van der Waals surface area contributed by atoms with Gasteiger partial charge in [0.25, 0.3) is 0 Å². The van der Waals surface area contributed by atoms with Crippen LogP contribution in [-0.2, 0) is 14.6 Å². The van der Waals surface area contributed by atoms with E-state index < -0.39 is 9.84 Å². The van der Waals surface area contributed by atoms with Crippen molar-refractivity contribution in [3.63, 3.8) is 0 Å². The first-order valence-electron chi connectivity index (χ1n) is 7.03. The van der Waals surface area contributed by atoms with E-state index in [0.717, 1.165) is 20.0 Å². The highest BCUT2D eigenvalue weighted by molar-refractivity contribution is 8.04. The van der Waals surface area contributed by atoms with Crippen LogP contribution in [-0.4, -0.2) is 53.1 Å². The molecule has 0 aliphatic carbocycles. The normalized spacial score (nSPS) is 21.0. The minimum absolute atomic E-state index is 0.0383. The topological polar surface area (TPSA) is 89.0 Å². The third kappa shape index (κ3) is 6.09. The van der Waals surface area contributed by atoms with Crippen molar-refractivity contribution in [1.82, 2.24) is 15.5 Å². The summed E-state index contributed by atoms with van der Waals surface area (Å²) in [6.45, 7) is 7.58. The number of thioether (sulfide) groups is 2. The van der Waals surface area contributed by atoms with Gasteiger partial charge in [-0.25, -0.2) is 8.42 Å². The summed E-state index contributed by atoms with van der Waals surface area (Å²) in [5.74, 6) is 0.824. The van der Waals surface area contributed by atoms with Gasteiger partial charge in [0.05, 0.1) is 16.8 Å². The summed E-state index contributed by atoms with van der Waals surface area (Å²) in [6, 6.07) is -0.272. The molecule has 2 atom stereocenters. The van der Waals surface area contributed by atoms with Crippen molar-refractivity contribution in [2.24, 2.45) is 0 Å². The van der Waals surface area contributed by atoms with Crippen LogP contribution in [0.1, 0.15) is 20.3 Å². The summed E-state index contributed by atoms with van der Waals surface area (Å²) in [5, 5.41) is 10.6. The van der Waals surface area contributed by atoms with Crippen molar-refractivity contribution in [2.75, 3.05) is 17.3 Å². The average Bonchev–Trinajstić information content (AvgIpc) is 3.03. The summed E-state index contributed by atoms with van der Waals surface area (Å²) < 4.78 is 24.4. The van der Waals surface area contributed by atoms with Crippen molar-refractivity contribution in [2.45, 2.75) is 40.2 Å². The largest absolute Gasteiger partial charge is 0.351 e. The molecule has 0 aromatic carbocycles. The molecule has 0 saturated carbocycles. The lowest BCUT2D eigenvalue weighted by Crippen LogP contribution is -2.39. The van der Waals surface area contributed by atoms with Crippen molar-refractivity contribution >= 4 is 50.6 Å². The zero-order valence-corrected chi connectivity index (χ0v) is 16.2. The first kappa shape index (κ1) is 18.8. The molecule has 23 heavy (non-hydrogen) atoms. The third-order valence-electron chi connectivity index (χ3n) is 3.06. The van der Waals surface area contributed by atoms with Crippen LogP contribution in [0, 0.1) is 0 Å². The number of carbonyl (C=O) groups is 1. The smallest absolute Gasteiger partial charge is 0.233 e. The number of aromatic nitrogens is 2. The number of amides is 1. The Morgan fingerprint density at radius 1 is 1.48 bits per heavy atom. The molecule has 2 rings (SSSR count). The van der Waals surface area contributed by atoms with Crippen LogP contribution >= 0.6 is 34.9 Å². The van der Waals surface area contributed by atoms with Crippen LogP contribution in [0.2, 0.25) is 0 Å². The fourth-order valence-electron chi connectivity index (χ4n) is 1.92. The molecule has 0 radical (unpaired) electrons. The van der Waals surface area contributed by atoms with Gasteiger partial charge in [0.1, 0.15) is 0 Å². The number of nitrogens with zero attached hydrogens (tertiary/aromatic N) is 2. The van der Waals surface area contributed by atoms with Crippen molar-refractivity contribution < 1.29 is 13.2 Å². The zero-order chi connectivity index (χ0) is 17.0. The van der Waals surface area contributed by atoms with Crippen molar-refractivity contribution in [3.8, 4) is 0 Å². The van der Waals surface area contributed by atoms with Gasteiger partial charge in [-0.2, -0.15) is 0 Å². The summed E-state index contributed by atoms with van der Waals surface area (Å²) in [4.78, 5) is 12.1. The van der Waals surface area contributed by atoms with E-state index in [1.165, 1.54) is 23.1 Å². The SMILES string of the molecule is C=C(C)CSc1nnc(S[C@H](C)C(=O)N[C@@H]2CCS(=O)(=O)C2)s1. The van der Waals surface area contributed by atoms with Crippen LogP contribution in [0.3, 0.4) is 0 Å². The number of carbonyl (C=O) groups excluding carboxylic acids is 1.